The summed E-state index contributed by atoms with van der Waals surface area (Å²) in [6, 6.07) is 13.8. The quantitative estimate of drug-likeness (QED) is 0.392. The Labute approximate surface area is 152 Å². The van der Waals surface area contributed by atoms with E-state index in [4.69, 9.17) is 9.47 Å². The van der Waals surface area contributed by atoms with Crippen LogP contribution in [-0.2, 0) is 0 Å². The molecule has 10 heteroatoms. The van der Waals surface area contributed by atoms with E-state index < -0.39 is 10.6 Å². The summed E-state index contributed by atoms with van der Waals surface area (Å²) in [5.41, 5.74) is 0.721. The predicted molar refractivity (Wildman–Crippen MR) is 94.2 cm³/mol. The van der Waals surface area contributed by atoms with E-state index in [0.717, 1.165) is 0 Å². The van der Waals surface area contributed by atoms with Gasteiger partial charge in [-0.25, -0.2) is 4.98 Å². The van der Waals surface area contributed by atoms with Crippen LogP contribution < -0.4 is 9.47 Å². The molecule has 0 spiro atoms. The van der Waals surface area contributed by atoms with Crippen LogP contribution in [-0.4, -0.2) is 37.0 Å². The van der Waals surface area contributed by atoms with E-state index in [2.05, 4.69) is 20.3 Å². The van der Waals surface area contributed by atoms with Gasteiger partial charge in [-0.3, -0.25) is 10.1 Å². The predicted octanol–water partition coefficient (Wildman–Crippen LogP) is 2.92. The third-order valence-corrected chi connectivity index (χ3v) is 3.78. The summed E-state index contributed by atoms with van der Waals surface area (Å²) >= 11 is 0. The van der Waals surface area contributed by atoms with Crippen molar-refractivity contribution in [1.29, 1.82) is 0 Å². The van der Waals surface area contributed by atoms with Crippen molar-refractivity contribution in [3.63, 3.8) is 0 Å². The standard InChI is InChI=1S/C17H12N6O4/c1-26-13-8-4-5-9-14(13)27-17-15(23(24)25)16(18-10-19-17)22-12-7-3-2-6-11(12)20-21-22/h2-10H,1H3. The van der Waals surface area contributed by atoms with Crippen molar-refractivity contribution >= 4 is 16.7 Å². The number of aromatic nitrogens is 5. The van der Waals surface area contributed by atoms with Crippen molar-refractivity contribution in [3.05, 3.63) is 65.0 Å². The minimum Gasteiger partial charge on any atom is -0.493 e. The second kappa shape index (κ2) is 6.67. The van der Waals surface area contributed by atoms with Gasteiger partial charge in [-0.05, 0) is 24.3 Å². The van der Waals surface area contributed by atoms with Crippen LogP contribution in [0.5, 0.6) is 17.4 Å². The Balaban J connectivity index is 1.87. The number of methoxy groups -OCH3 is 1. The van der Waals surface area contributed by atoms with Crippen LogP contribution in [0.4, 0.5) is 5.69 Å². The first-order chi connectivity index (χ1) is 13.2. The Morgan fingerprint density at radius 3 is 2.56 bits per heavy atom. The minimum absolute atomic E-state index is 0.0476. The number of fused-ring (bicyclic) bond motifs is 1. The molecule has 27 heavy (non-hydrogen) atoms. The molecular weight excluding hydrogens is 352 g/mol. The molecule has 0 aliphatic rings. The van der Waals surface area contributed by atoms with Gasteiger partial charge in [0.25, 0.3) is 0 Å². The first-order valence-electron chi connectivity index (χ1n) is 7.80. The van der Waals surface area contributed by atoms with E-state index in [-0.39, 0.29) is 17.4 Å². The number of benzene rings is 2. The molecular formula is C17H12N6O4. The average Bonchev–Trinajstić information content (AvgIpc) is 3.12. The highest BCUT2D eigenvalue weighted by molar-refractivity contribution is 5.76. The van der Waals surface area contributed by atoms with Gasteiger partial charge in [-0.2, -0.15) is 9.67 Å². The number of para-hydroxylation sites is 3. The van der Waals surface area contributed by atoms with Crippen LogP contribution >= 0.6 is 0 Å². The largest absolute Gasteiger partial charge is 0.493 e. The van der Waals surface area contributed by atoms with E-state index in [1.807, 2.05) is 0 Å². The monoisotopic (exact) mass is 364 g/mol. The van der Waals surface area contributed by atoms with Crippen LogP contribution in [0.3, 0.4) is 0 Å². The normalized spacial score (nSPS) is 10.7. The van der Waals surface area contributed by atoms with Crippen LogP contribution in [0.25, 0.3) is 16.9 Å². The molecule has 0 fully saturated rings. The van der Waals surface area contributed by atoms with Crippen LogP contribution in [0.2, 0.25) is 0 Å². The zero-order valence-corrected chi connectivity index (χ0v) is 14.0. The molecule has 0 saturated heterocycles. The highest BCUT2D eigenvalue weighted by Crippen LogP contribution is 2.37. The average molecular weight is 364 g/mol. The lowest BCUT2D eigenvalue weighted by atomic mass is 10.3. The van der Waals surface area contributed by atoms with E-state index in [0.29, 0.717) is 16.8 Å². The van der Waals surface area contributed by atoms with Crippen LogP contribution in [0, 0.1) is 10.1 Å². The molecule has 0 unspecified atom stereocenters. The first kappa shape index (κ1) is 16.4. The van der Waals surface area contributed by atoms with Crippen molar-refractivity contribution in [1.82, 2.24) is 25.0 Å². The lowest BCUT2D eigenvalue weighted by Gasteiger charge is -2.10. The van der Waals surface area contributed by atoms with Crippen LogP contribution in [0.15, 0.2) is 54.9 Å². The lowest BCUT2D eigenvalue weighted by Crippen LogP contribution is -2.07. The highest BCUT2D eigenvalue weighted by atomic mass is 16.6. The first-order valence-corrected chi connectivity index (χ1v) is 7.80. The zero-order valence-electron chi connectivity index (χ0n) is 14.0. The fraction of sp³-hybridized carbons (Fsp3) is 0.0588. The van der Waals surface area contributed by atoms with Gasteiger partial charge < -0.3 is 9.47 Å². The topological polar surface area (TPSA) is 118 Å². The molecule has 0 aliphatic heterocycles. The fourth-order valence-electron chi connectivity index (χ4n) is 2.58. The maximum absolute atomic E-state index is 11.8. The van der Waals surface area contributed by atoms with Gasteiger partial charge >= 0.3 is 11.6 Å². The third kappa shape index (κ3) is 2.88. The molecule has 2 aromatic heterocycles. The smallest absolute Gasteiger partial charge is 0.375 e. The summed E-state index contributed by atoms with van der Waals surface area (Å²) in [5.74, 6) is 0.428. The molecule has 134 valence electrons. The molecule has 0 amide bonds. The molecule has 4 rings (SSSR count). The molecule has 2 aromatic carbocycles. The molecule has 0 saturated carbocycles. The van der Waals surface area contributed by atoms with E-state index in [1.54, 1.807) is 48.5 Å². The fourth-order valence-corrected chi connectivity index (χ4v) is 2.58. The minimum atomic E-state index is -0.615. The Morgan fingerprint density at radius 1 is 1.04 bits per heavy atom. The van der Waals surface area contributed by atoms with Gasteiger partial charge in [-0.15, -0.1) is 5.10 Å². The van der Waals surface area contributed by atoms with E-state index in [1.165, 1.54) is 18.1 Å². The van der Waals surface area contributed by atoms with Gasteiger partial charge in [0.05, 0.1) is 17.5 Å². The molecule has 0 aliphatic carbocycles. The number of ether oxygens (including phenoxy) is 2. The third-order valence-electron chi connectivity index (χ3n) is 3.78. The summed E-state index contributed by atoms with van der Waals surface area (Å²) in [4.78, 5) is 19.1. The summed E-state index contributed by atoms with van der Waals surface area (Å²) in [6.07, 6.45) is 1.17. The van der Waals surface area contributed by atoms with E-state index >= 15 is 0 Å². The second-order valence-electron chi connectivity index (χ2n) is 5.35. The number of rotatable bonds is 5. The van der Waals surface area contributed by atoms with E-state index in [9.17, 15) is 10.1 Å². The van der Waals surface area contributed by atoms with Gasteiger partial charge in [-0.1, -0.05) is 29.5 Å². The molecule has 0 bridgehead atoms. The van der Waals surface area contributed by atoms with Crippen molar-refractivity contribution in [2.45, 2.75) is 0 Å². The van der Waals surface area contributed by atoms with Crippen LogP contribution in [0.1, 0.15) is 0 Å². The molecule has 2 heterocycles. The number of hydrogen-bond donors (Lipinski definition) is 0. The Morgan fingerprint density at radius 2 is 1.78 bits per heavy atom. The second-order valence-corrected chi connectivity index (χ2v) is 5.35. The maximum Gasteiger partial charge on any atom is 0.375 e. The van der Waals surface area contributed by atoms with Gasteiger partial charge in [0, 0.05) is 0 Å². The summed E-state index contributed by atoms with van der Waals surface area (Å²) in [5, 5.41) is 19.8. The lowest BCUT2D eigenvalue weighted by molar-refractivity contribution is -0.386. The summed E-state index contributed by atoms with van der Waals surface area (Å²) in [7, 11) is 1.48. The molecule has 4 aromatic rings. The number of hydrogen-bond acceptors (Lipinski definition) is 8. The number of nitro groups is 1. The Hall–Kier alpha value is -4.08. The molecule has 0 atom stereocenters. The number of nitrogens with zero attached hydrogens (tertiary/aromatic N) is 6. The highest BCUT2D eigenvalue weighted by Gasteiger charge is 2.28. The molecule has 0 radical (unpaired) electrons. The van der Waals surface area contributed by atoms with Gasteiger partial charge in [0.1, 0.15) is 11.8 Å². The molecule has 10 nitrogen and oxygen atoms in total. The van der Waals surface area contributed by atoms with Crippen molar-refractivity contribution in [2.24, 2.45) is 0 Å². The SMILES string of the molecule is COc1ccccc1Oc1ncnc(-n2nnc3ccccc32)c1[N+](=O)[O-]. The van der Waals surface area contributed by atoms with Crippen molar-refractivity contribution in [3.8, 4) is 23.2 Å². The Kier molecular flexibility index (Phi) is 4.05. The summed E-state index contributed by atoms with van der Waals surface area (Å²) < 4.78 is 12.2. The zero-order chi connectivity index (χ0) is 18.8. The molecule has 0 N–H and O–H groups in total. The summed E-state index contributed by atoms with van der Waals surface area (Å²) in [6.45, 7) is 0. The van der Waals surface area contributed by atoms with Gasteiger partial charge in [0.2, 0.25) is 5.82 Å². The van der Waals surface area contributed by atoms with Crippen molar-refractivity contribution in [2.75, 3.05) is 7.11 Å². The van der Waals surface area contributed by atoms with Gasteiger partial charge in [0.15, 0.2) is 11.5 Å². The van der Waals surface area contributed by atoms with Crippen molar-refractivity contribution < 1.29 is 14.4 Å². The maximum atomic E-state index is 11.8. The Bertz CT molecular complexity index is 1140.